The molecule has 274 valence electrons. The second kappa shape index (κ2) is 19.1. The highest BCUT2D eigenvalue weighted by Crippen LogP contribution is 2.33. The van der Waals surface area contributed by atoms with Gasteiger partial charge in [-0.3, -0.25) is 13.9 Å². The summed E-state index contributed by atoms with van der Waals surface area (Å²) in [5, 5.41) is 7.71. The summed E-state index contributed by atoms with van der Waals surface area (Å²) in [5.41, 5.74) is 3.06. The molecule has 2 aromatic heterocycles. The number of fused-ring (bicyclic) bond motifs is 1. The van der Waals surface area contributed by atoms with Crippen LogP contribution in [-0.4, -0.2) is 67.5 Å². The summed E-state index contributed by atoms with van der Waals surface area (Å²) < 4.78 is 81.9. The van der Waals surface area contributed by atoms with Gasteiger partial charge in [0.15, 0.2) is 0 Å². The standard InChI is InChI=1S/C31H28ClFN4O4.2CH4O3S/c1-2-39-30(38)12-13-34-17-24-8-11-28(41-24)21-6-9-27-25(15-21)31(36-19-35-27)37-23-7-10-29(26(32)16-23)40-18-20-4-3-5-22(33)14-20;2*1-5(2,3)4/h3-11,14-16,19,34H,2,12-13,17-18H2,1H3,(H,35,36,37);2*1H3,(H,2,3,4). The number of hydrogen-bond acceptors (Lipinski definition) is 12. The summed E-state index contributed by atoms with van der Waals surface area (Å²) in [7, 11) is -7.33. The van der Waals surface area contributed by atoms with Gasteiger partial charge in [0.2, 0.25) is 0 Å². The number of aromatic nitrogens is 2. The Morgan fingerprint density at radius 3 is 2.35 bits per heavy atom. The maximum Gasteiger partial charge on any atom is 0.307 e. The van der Waals surface area contributed by atoms with E-state index in [-0.39, 0.29) is 18.4 Å². The highest BCUT2D eigenvalue weighted by molar-refractivity contribution is 7.85. The fourth-order valence-electron chi connectivity index (χ4n) is 4.19. The minimum absolute atomic E-state index is 0.196. The van der Waals surface area contributed by atoms with Crippen molar-refractivity contribution in [1.82, 2.24) is 15.3 Å². The summed E-state index contributed by atoms with van der Waals surface area (Å²) in [6, 6.07) is 21.2. The fourth-order valence-corrected chi connectivity index (χ4v) is 4.43. The lowest BCUT2D eigenvalue weighted by Gasteiger charge is -2.12. The molecule has 5 aromatic rings. The quantitative estimate of drug-likeness (QED) is 0.0647. The Kier molecular flexibility index (Phi) is 15.3. The van der Waals surface area contributed by atoms with Gasteiger partial charge in [-0.1, -0.05) is 23.7 Å². The second-order valence-corrected chi connectivity index (χ2v) is 13.9. The van der Waals surface area contributed by atoms with Crippen LogP contribution in [0, 0.1) is 5.82 Å². The minimum Gasteiger partial charge on any atom is -0.487 e. The summed E-state index contributed by atoms with van der Waals surface area (Å²) in [6.45, 7) is 3.35. The molecule has 0 aliphatic carbocycles. The molecule has 51 heavy (non-hydrogen) atoms. The van der Waals surface area contributed by atoms with E-state index < -0.39 is 20.2 Å². The molecule has 0 saturated carbocycles. The molecule has 3 aromatic carbocycles. The molecule has 0 radical (unpaired) electrons. The Labute approximate surface area is 299 Å². The molecule has 0 saturated heterocycles. The van der Waals surface area contributed by atoms with Crippen LogP contribution in [0.5, 0.6) is 5.75 Å². The normalized spacial score (nSPS) is 11.1. The third-order valence-electron chi connectivity index (χ3n) is 6.17. The number of hydrogen-bond donors (Lipinski definition) is 4. The number of rotatable bonds is 12. The molecular weight excluding hydrogens is 731 g/mol. The predicted octanol–water partition coefficient (Wildman–Crippen LogP) is 6.06. The number of furan rings is 1. The van der Waals surface area contributed by atoms with Gasteiger partial charge in [-0.2, -0.15) is 16.8 Å². The number of carbonyl (C=O) groups excluding carboxylic acids is 1. The maximum atomic E-state index is 13.4. The summed E-state index contributed by atoms with van der Waals surface area (Å²) >= 11 is 6.48. The third-order valence-corrected chi connectivity index (χ3v) is 6.47. The molecule has 0 amide bonds. The van der Waals surface area contributed by atoms with E-state index in [1.54, 1.807) is 31.2 Å². The zero-order valence-electron chi connectivity index (χ0n) is 27.7. The lowest BCUT2D eigenvalue weighted by atomic mass is 10.1. The number of halogens is 2. The zero-order chi connectivity index (χ0) is 37.6. The van der Waals surface area contributed by atoms with E-state index in [1.165, 1.54) is 18.5 Å². The Balaban J connectivity index is 0.000000619. The van der Waals surface area contributed by atoms with E-state index in [0.717, 1.165) is 22.2 Å². The van der Waals surface area contributed by atoms with Crippen molar-refractivity contribution in [1.29, 1.82) is 0 Å². The highest BCUT2D eigenvalue weighted by atomic mass is 35.5. The van der Waals surface area contributed by atoms with Crippen molar-refractivity contribution in [3.63, 3.8) is 0 Å². The predicted molar refractivity (Wildman–Crippen MR) is 191 cm³/mol. The van der Waals surface area contributed by atoms with Gasteiger partial charge in [0, 0.05) is 23.2 Å². The Hall–Kier alpha value is -4.65. The van der Waals surface area contributed by atoms with Crippen LogP contribution in [-0.2, 0) is 42.9 Å². The average Bonchev–Trinajstić information content (AvgIpc) is 3.50. The Morgan fingerprint density at radius 2 is 1.69 bits per heavy atom. The molecule has 5 rings (SSSR count). The number of nitrogens with one attached hydrogen (secondary N) is 2. The van der Waals surface area contributed by atoms with Gasteiger partial charge < -0.3 is 24.5 Å². The smallest absolute Gasteiger partial charge is 0.307 e. The topological polar surface area (TPSA) is 207 Å². The van der Waals surface area contributed by atoms with Crippen molar-refractivity contribution in [2.45, 2.75) is 26.5 Å². The molecule has 0 atom stereocenters. The van der Waals surface area contributed by atoms with Crippen LogP contribution < -0.4 is 15.4 Å². The molecule has 0 spiro atoms. The van der Waals surface area contributed by atoms with Crippen LogP contribution in [0.3, 0.4) is 0 Å². The molecular formula is C33H36ClFN4O10S2. The van der Waals surface area contributed by atoms with Crippen molar-refractivity contribution in [2.24, 2.45) is 0 Å². The van der Waals surface area contributed by atoms with Crippen LogP contribution in [0.25, 0.3) is 22.2 Å². The number of anilines is 2. The average molecular weight is 767 g/mol. The van der Waals surface area contributed by atoms with Crippen LogP contribution in [0.4, 0.5) is 15.9 Å². The van der Waals surface area contributed by atoms with Gasteiger partial charge in [-0.15, -0.1) is 0 Å². The van der Waals surface area contributed by atoms with Crippen molar-refractivity contribution >= 4 is 60.2 Å². The van der Waals surface area contributed by atoms with Gasteiger partial charge in [0.05, 0.1) is 42.6 Å². The molecule has 0 unspecified atom stereocenters. The van der Waals surface area contributed by atoms with E-state index in [4.69, 9.17) is 34.6 Å². The van der Waals surface area contributed by atoms with Crippen molar-refractivity contribution < 1.29 is 49.0 Å². The van der Waals surface area contributed by atoms with Gasteiger partial charge in [0.25, 0.3) is 20.2 Å². The van der Waals surface area contributed by atoms with E-state index >= 15 is 0 Å². The number of ether oxygens (including phenoxy) is 2. The SMILES string of the molecule is CCOC(=O)CCNCc1ccc(-c2ccc3ncnc(Nc4ccc(OCc5cccc(F)c5)c(Cl)c4)c3c2)o1.CS(=O)(=O)O.CS(=O)(=O)O. The molecule has 0 fully saturated rings. The van der Waals surface area contributed by atoms with E-state index in [2.05, 4.69) is 20.6 Å². The zero-order valence-corrected chi connectivity index (χ0v) is 30.1. The number of nitrogens with zero attached hydrogens (tertiary/aromatic N) is 2. The van der Waals surface area contributed by atoms with Crippen LogP contribution in [0.15, 0.2) is 83.5 Å². The molecule has 0 bridgehead atoms. The van der Waals surface area contributed by atoms with Crippen LogP contribution in [0.2, 0.25) is 5.02 Å². The molecule has 4 N–H and O–H groups in total. The van der Waals surface area contributed by atoms with Crippen LogP contribution in [0.1, 0.15) is 24.7 Å². The Morgan fingerprint density at radius 1 is 0.961 bits per heavy atom. The summed E-state index contributed by atoms with van der Waals surface area (Å²) in [6.07, 6.45) is 3.23. The first-order chi connectivity index (χ1) is 24.0. The van der Waals surface area contributed by atoms with Gasteiger partial charge in [-0.25, -0.2) is 14.4 Å². The summed E-state index contributed by atoms with van der Waals surface area (Å²) in [4.78, 5) is 20.3. The first-order valence-electron chi connectivity index (χ1n) is 15.0. The number of benzene rings is 3. The van der Waals surface area contributed by atoms with Gasteiger partial charge in [0.1, 0.15) is 41.8 Å². The van der Waals surface area contributed by atoms with Gasteiger partial charge in [-0.05, 0) is 73.2 Å². The minimum atomic E-state index is -3.67. The molecule has 0 aliphatic heterocycles. The summed E-state index contributed by atoms with van der Waals surface area (Å²) in [5.74, 6) is 2.00. The highest BCUT2D eigenvalue weighted by Gasteiger charge is 2.11. The van der Waals surface area contributed by atoms with E-state index in [9.17, 15) is 26.0 Å². The largest absolute Gasteiger partial charge is 0.487 e. The molecule has 18 heteroatoms. The number of esters is 1. The second-order valence-electron chi connectivity index (χ2n) is 10.6. The first-order valence-corrected chi connectivity index (χ1v) is 19.0. The Bertz CT molecular complexity index is 2100. The van der Waals surface area contributed by atoms with Crippen molar-refractivity contribution in [2.75, 3.05) is 31.0 Å². The van der Waals surface area contributed by atoms with Crippen molar-refractivity contribution in [3.05, 3.63) is 101 Å². The first kappa shape index (κ1) is 40.8. The molecule has 14 nitrogen and oxygen atoms in total. The lowest BCUT2D eigenvalue weighted by molar-refractivity contribution is -0.143. The van der Waals surface area contributed by atoms with E-state index in [1.807, 2.05) is 36.4 Å². The lowest BCUT2D eigenvalue weighted by Crippen LogP contribution is -2.18. The fraction of sp³-hybridized carbons (Fsp3) is 0.242. The van der Waals surface area contributed by atoms with Crippen molar-refractivity contribution in [3.8, 4) is 17.1 Å². The van der Waals surface area contributed by atoms with Gasteiger partial charge >= 0.3 is 5.97 Å². The monoisotopic (exact) mass is 766 g/mol. The van der Waals surface area contributed by atoms with Crippen LogP contribution >= 0.6 is 11.6 Å². The molecule has 2 heterocycles. The van der Waals surface area contributed by atoms with E-state index in [0.29, 0.717) is 72.2 Å². The number of carbonyl (C=O) groups is 1. The maximum absolute atomic E-state index is 13.4. The third kappa shape index (κ3) is 15.8. The molecule has 0 aliphatic rings.